The van der Waals surface area contributed by atoms with Crippen LogP contribution in [0.15, 0.2) is 127 Å². The molecule has 3 nitrogen and oxygen atoms in total. The van der Waals surface area contributed by atoms with Crippen LogP contribution in [0.2, 0.25) is 0 Å². The number of ether oxygens (including phenoxy) is 1. The molecular weight excluding hydrogens is 571 g/mol. The molecule has 0 spiro atoms. The molecule has 1 aromatic heterocycles. The SMILES string of the molecule is CC1(C)c2ccccc2-c2cc3c4c(c21)-n1c2c(cccc2c2ccc5ccccc5c21)B4N1c2ccccc2Oc2cccc-3c21. The van der Waals surface area contributed by atoms with Crippen LogP contribution in [0.5, 0.6) is 11.5 Å². The highest BCUT2D eigenvalue weighted by atomic mass is 16.5. The molecule has 3 aliphatic heterocycles. The van der Waals surface area contributed by atoms with Crippen molar-refractivity contribution in [2.75, 3.05) is 4.81 Å². The van der Waals surface area contributed by atoms with Crippen molar-refractivity contribution in [3.8, 4) is 39.4 Å². The molecule has 0 unspecified atom stereocenters. The van der Waals surface area contributed by atoms with Gasteiger partial charge in [0.25, 0.3) is 0 Å². The van der Waals surface area contributed by atoms with Crippen LogP contribution in [-0.2, 0) is 5.41 Å². The van der Waals surface area contributed by atoms with Gasteiger partial charge in [0.1, 0.15) is 5.75 Å². The summed E-state index contributed by atoms with van der Waals surface area (Å²) in [5.41, 5.74) is 16.8. The third-order valence-electron chi connectivity index (χ3n) is 11.5. The second-order valence-corrected chi connectivity index (χ2v) is 14.0. The molecular formula is C43H27BN2O. The Bertz CT molecular complexity index is 2770. The third kappa shape index (κ3) is 2.68. The van der Waals surface area contributed by atoms with Crippen molar-refractivity contribution in [1.29, 1.82) is 0 Å². The van der Waals surface area contributed by atoms with Crippen LogP contribution in [0.25, 0.3) is 60.5 Å². The molecule has 218 valence electrons. The van der Waals surface area contributed by atoms with Crippen molar-refractivity contribution >= 4 is 61.7 Å². The molecule has 1 aliphatic carbocycles. The van der Waals surface area contributed by atoms with Crippen molar-refractivity contribution in [2.45, 2.75) is 19.3 Å². The summed E-state index contributed by atoms with van der Waals surface area (Å²) in [5.74, 6) is 1.82. The summed E-state index contributed by atoms with van der Waals surface area (Å²) in [6.45, 7) is 4.83. The van der Waals surface area contributed by atoms with Gasteiger partial charge in [0, 0.05) is 32.8 Å². The normalized spacial score (nSPS) is 15.3. The molecule has 12 rings (SSSR count). The third-order valence-corrected chi connectivity index (χ3v) is 11.5. The lowest BCUT2D eigenvalue weighted by Gasteiger charge is -2.46. The highest BCUT2D eigenvalue weighted by molar-refractivity contribution is 6.94. The smallest absolute Gasteiger partial charge is 0.333 e. The van der Waals surface area contributed by atoms with E-state index in [9.17, 15) is 0 Å². The lowest BCUT2D eigenvalue weighted by molar-refractivity contribution is 0.478. The Kier molecular flexibility index (Phi) is 4.15. The standard InChI is InChI=1S/C43H27BN2O/c1-43(2)32-16-6-5-13-26(32)30-23-31-28-15-10-20-36-41(28)46(34-18-7-8-19-35(34)47-36)44-33-17-9-14-27-29-22-21-24-11-3-4-12-25(24)39(29)45(40(27)33)42(37(30)43)38(31)44/h3-23H,1-2H3. The first-order chi connectivity index (χ1) is 23.1. The van der Waals surface area contributed by atoms with E-state index >= 15 is 0 Å². The average molecular weight is 599 g/mol. The predicted molar refractivity (Wildman–Crippen MR) is 195 cm³/mol. The number of aromatic nitrogens is 1. The number of hydrogen-bond donors (Lipinski definition) is 0. The zero-order valence-corrected chi connectivity index (χ0v) is 26.0. The Morgan fingerprint density at radius 1 is 0.574 bits per heavy atom. The van der Waals surface area contributed by atoms with Gasteiger partial charge in [-0.25, -0.2) is 0 Å². The minimum absolute atomic E-state index is 0.0183. The van der Waals surface area contributed by atoms with Gasteiger partial charge in [-0.3, -0.25) is 0 Å². The number of rotatable bonds is 0. The maximum Gasteiger partial charge on any atom is 0.333 e. The number of hydrogen-bond acceptors (Lipinski definition) is 2. The number of benzene rings is 7. The Hall–Kier alpha value is -5.74. The lowest BCUT2D eigenvalue weighted by atomic mass is 9.43. The molecule has 0 bridgehead atoms. The zero-order valence-electron chi connectivity index (χ0n) is 26.0. The molecule has 4 heterocycles. The van der Waals surface area contributed by atoms with Crippen molar-refractivity contribution in [1.82, 2.24) is 4.57 Å². The first-order valence-electron chi connectivity index (χ1n) is 16.6. The van der Waals surface area contributed by atoms with Crippen LogP contribution in [0.4, 0.5) is 11.4 Å². The summed E-state index contributed by atoms with van der Waals surface area (Å²) in [4.78, 5) is 2.59. The molecule has 0 atom stereocenters. The Labute approximate surface area is 272 Å². The summed E-state index contributed by atoms with van der Waals surface area (Å²) >= 11 is 0. The van der Waals surface area contributed by atoms with Gasteiger partial charge in [-0.05, 0) is 68.4 Å². The summed E-state index contributed by atoms with van der Waals surface area (Å²) in [6.07, 6.45) is 0. The first-order valence-corrected chi connectivity index (χ1v) is 16.6. The van der Waals surface area contributed by atoms with Gasteiger partial charge in [0.15, 0.2) is 5.75 Å². The van der Waals surface area contributed by atoms with E-state index in [-0.39, 0.29) is 12.3 Å². The predicted octanol–water partition coefficient (Wildman–Crippen LogP) is 9.59. The van der Waals surface area contributed by atoms with Crippen LogP contribution < -0.4 is 20.5 Å². The van der Waals surface area contributed by atoms with Crippen LogP contribution in [0, 0.1) is 0 Å². The monoisotopic (exact) mass is 598 g/mol. The molecule has 4 heteroatoms. The van der Waals surface area contributed by atoms with E-state index in [0.29, 0.717) is 0 Å². The molecule has 0 saturated heterocycles. The number of para-hydroxylation sites is 4. The highest BCUT2D eigenvalue weighted by Gasteiger charge is 2.50. The fraction of sp³-hybridized carbons (Fsp3) is 0.0698. The molecule has 0 saturated carbocycles. The summed E-state index contributed by atoms with van der Waals surface area (Å²) in [6, 6.07) is 47.2. The second kappa shape index (κ2) is 7.97. The van der Waals surface area contributed by atoms with E-state index in [4.69, 9.17) is 4.74 Å². The van der Waals surface area contributed by atoms with E-state index < -0.39 is 0 Å². The topological polar surface area (TPSA) is 17.4 Å². The van der Waals surface area contributed by atoms with E-state index in [1.165, 1.54) is 82.6 Å². The highest BCUT2D eigenvalue weighted by Crippen LogP contribution is 2.58. The minimum Gasteiger partial charge on any atom is -0.453 e. The summed E-state index contributed by atoms with van der Waals surface area (Å²) in [7, 11) is 0. The van der Waals surface area contributed by atoms with Gasteiger partial charge in [0.2, 0.25) is 0 Å². The molecule has 0 radical (unpaired) electrons. The van der Waals surface area contributed by atoms with Crippen LogP contribution in [0.1, 0.15) is 25.0 Å². The van der Waals surface area contributed by atoms with Crippen LogP contribution in [0.3, 0.4) is 0 Å². The maximum absolute atomic E-state index is 6.65. The molecule has 0 amide bonds. The van der Waals surface area contributed by atoms with E-state index in [0.717, 1.165) is 22.9 Å². The lowest BCUT2D eigenvalue weighted by Crippen LogP contribution is -2.61. The Morgan fingerprint density at radius 3 is 2.28 bits per heavy atom. The zero-order chi connectivity index (χ0) is 30.8. The van der Waals surface area contributed by atoms with E-state index in [1.807, 2.05) is 0 Å². The molecule has 8 aromatic rings. The van der Waals surface area contributed by atoms with Gasteiger partial charge in [-0.1, -0.05) is 117 Å². The quantitative estimate of drug-likeness (QED) is 0.162. The van der Waals surface area contributed by atoms with Crippen molar-refractivity contribution < 1.29 is 4.74 Å². The fourth-order valence-electron chi connectivity index (χ4n) is 9.70. The average Bonchev–Trinajstić information content (AvgIpc) is 3.57. The van der Waals surface area contributed by atoms with Gasteiger partial charge in [-0.2, -0.15) is 0 Å². The number of anilines is 2. The summed E-state index contributed by atoms with van der Waals surface area (Å²) < 4.78 is 9.33. The van der Waals surface area contributed by atoms with Gasteiger partial charge >= 0.3 is 6.85 Å². The number of nitrogens with zero attached hydrogens (tertiary/aromatic N) is 2. The molecule has 7 aromatic carbocycles. The maximum atomic E-state index is 6.65. The molecule has 0 fully saturated rings. The van der Waals surface area contributed by atoms with Crippen molar-refractivity contribution in [3.63, 3.8) is 0 Å². The van der Waals surface area contributed by atoms with Gasteiger partial charge in [-0.15, -0.1) is 0 Å². The molecule has 0 N–H and O–H groups in total. The summed E-state index contributed by atoms with van der Waals surface area (Å²) in [5, 5.41) is 5.17. The van der Waals surface area contributed by atoms with Gasteiger partial charge < -0.3 is 14.1 Å². The van der Waals surface area contributed by atoms with Gasteiger partial charge in [0.05, 0.1) is 22.4 Å². The molecule has 4 aliphatic rings. The van der Waals surface area contributed by atoms with Crippen LogP contribution in [-0.4, -0.2) is 11.4 Å². The van der Waals surface area contributed by atoms with E-state index in [2.05, 4.69) is 151 Å². The van der Waals surface area contributed by atoms with E-state index in [1.54, 1.807) is 0 Å². The fourth-order valence-corrected chi connectivity index (χ4v) is 9.70. The van der Waals surface area contributed by atoms with Crippen molar-refractivity contribution in [3.05, 3.63) is 139 Å². The minimum atomic E-state index is -0.189. The molecule has 47 heavy (non-hydrogen) atoms. The van der Waals surface area contributed by atoms with Crippen molar-refractivity contribution in [2.24, 2.45) is 0 Å². The second-order valence-electron chi connectivity index (χ2n) is 14.0. The Balaban J connectivity index is 1.37. The van der Waals surface area contributed by atoms with Crippen LogP contribution >= 0.6 is 0 Å². The Morgan fingerprint density at radius 2 is 1.32 bits per heavy atom. The largest absolute Gasteiger partial charge is 0.453 e. The number of fused-ring (bicyclic) bond motifs is 15. The first kappa shape index (κ1) is 24.5.